The third-order valence-corrected chi connectivity index (χ3v) is 3.33. The number of aromatic hydroxyl groups is 1. The lowest BCUT2D eigenvalue weighted by atomic mass is 10.2. The standard InChI is InChI=1S/C12H12N2O2S/c1-7-5-9(3-4-10(7)15)14-12(16)11-8(2)13-6-17-11/h3-6,15H,1-2H3,(H,14,16). The van der Waals surface area contributed by atoms with E-state index >= 15 is 0 Å². The van der Waals surface area contributed by atoms with E-state index < -0.39 is 0 Å². The van der Waals surface area contributed by atoms with Gasteiger partial charge < -0.3 is 10.4 Å². The number of phenolic OH excluding ortho intramolecular Hbond substituents is 1. The molecular formula is C12H12N2O2S. The third-order valence-electron chi connectivity index (χ3n) is 2.41. The zero-order chi connectivity index (χ0) is 12.4. The quantitative estimate of drug-likeness (QED) is 0.803. The second-order valence-electron chi connectivity index (χ2n) is 3.72. The fourth-order valence-corrected chi connectivity index (χ4v) is 2.14. The molecule has 2 aromatic rings. The molecule has 0 saturated carbocycles. The summed E-state index contributed by atoms with van der Waals surface area (Å²) in [6, 6.07) is 4.95. The lowest BCUT2D eigenvalue weighted by molar-refractivity contribution is 0.103. The SMILES string of the molecule is Cc1cc(NC(=O)c2scnc2C)ccc1O. The molecular weight excluding hydrogens is 236 g/mol. The molecule has 5 heteroatoms. The fraction of sp³-hybridized carbons (Fsp3) is 0.167. The number of nitrogens with one attached hydrogen (secondary N) is 1. The second kappa shape index (κ2) is 4.55. The number of anilines is 1. The van der Waals surface area contributed by atoms with Gasteiger partial charge in [-0.05, 0) is 37.6 Å². The van der Waals surface area contributed by atoms with E-state index in [-0.39, 0.29) is 11.7 Å². The Hall–Kier alpha value is -1.88. The third kappa shape index (κ3) is 2.45. The normalized spacial score (nSPS) is 10.2. The van der Waals surface area contributed by atoms with Crippen molar-refractivity contribution in [1.82, 2.24) is 4.98 Å². The highest BCUT2D eigenvalue weighted by molar-refractivity contribution is 7.12. The summed E-state index contributed by atoms with van der Waals surface area (Å²) >= 11 is 1.31. The van der Waals surface area contributed by atoms with Crippen LogP contribution in [0.15, 0.2) is 23.7 Å². The minimum absolute atomic E-state index is 0.171. The zero-order valence-electron chi connectivity index (χ0n) is 9.52. The molecule has 0 aliphatic rings. The van der Waals surface area contributed by atoms with Crippen LogP contribution < -0.4 is 5.32 Å². The van der Waals surface area contributed by atoms with E-state index in [1.54, 1.807) is 37.6 Å². The van der Waals surface area contributed by atoms with E-state index in [0.717, 1.165) is 11.3 Å². The maximum atomic E-state index is 11.9. The summed E-state index contributed by atoms with van der Waals surface area (Å²) in [4.78, 5) is 16.5. The smallest absolute Gasteiger partial charge is 0.267 e. The van der Waals surface area contributed by atoms with Gasteiger partial charge in [0.25, 0.3) is 5.91 Å². The first-order chi connectivity index (χ1) is 8.08. The highest BCUT2D eigenvalue weighted by Crippen LogP contribution is 2.21. The molecule has 2 rings (SSSR count). The number of thiazole rings is 1. The number of hydrogen-bond donors (Lipinski definition) is 2. The Labute approximate surface area is 103 Å². The summed E-state index contributed by atoms with van der Waals surface area (Å²) in [7, 11) is 0. The van der Waals surface area contributed by atoms with E-state index in [0.29, 0.717) is 10.6 Å². The second-order valence-corrected chi connectivity index (χ2v) is 4.58. The summed E-state index contributed by atoms with van der Waals surface area (Å²) in [5, 5.41) is 12.2. The number of benzene rings is 1. The minimum Gasteiger partial charge on any atom is -0.508 e. The summed E-state index contributed by atoms with van der Waals surface area (Å²) < 4.78 is 0. The predicted octanol–water partition coefficient (Wildman–Crippen LogP) is 2.72. The molecule has 1 heterocycles. The van der Waals surface area contributed by atoms with Gasteiger partial charge in [-0.2, -0.15) is 0 Å². The molecule has 1 aromatic carbocycles. The number of amides is 1. The molecule has 2 N–H and O–H groups in total. The van der Waals surface area contributed by atoms with Gasteiger partial charge in [-0.1, -0.05) is 0 Å². The lowest BCUT2D eigenvalue weighted by Crippen LogP contribution is -2.11. The van der Waals surface area contributed by atoms with Gasteiger partial charge in [-0.3, -0.25) is 4.79 Å². The molecule has 0 aliphatic heterocycles. The van der Waals surface area contributed by atoms with Gasteiger partial charge in [0.2, 0.25) is 0 Å². The van der Waals surface area contributed by atoms with Gasteiger partial charge in [0.1, 0.15) is 10.6 Å². The van der Waals surface area contributed by atoms with Crippen molar-refractivity contribution < 1.29 is 9.90 Å². The molecule has 88 valence electrons. The van der Waals surface area contributed by atoms with E-state index in [1.165, 1.54) is 11.3 Å². The molecule has 0 saturated heterocycles. The maximum absolute atomic E-state index is 11.9. The topological polar surface area (TPSA) is 62.2 Å². The molecule has 0 unspecified atom stereocenters. The zero-order valence-corrected chi connectivity index (χ0v) is 10.3. The molecule has 0 atom stereocenters. The largest absolute Gasteiger partial charge is 0.508 e. The molecule has 4 nitrogen and oxygen atoms in total. The van der Waals surface area contributed by atoms with Crippen LogP contribution in [-0.2, 0) is 0 Å². The molecule has 0 spiro atoms. The summed E-state index contributed by atoms with van der Waals surface area (Å²) in [5.74, 6) is 0.0482. The predicted molar refractivity (Wildman–Crippen MR) is 67.6 cm³/mol. The van der Waals surface area contributed by atoms with Crippen molar-refractivity contribution in [2.75, 3.05) is 5.32 Å². The Morgan fingerprint density at radius 2 is 2.18 bits per heavy atom. The molecule has 0 bridgehead atoms. The van der Waals surface area contributed by atoms with Gasteiger partial charge in [0, 0.05) is 5.69 Å². The summed E-state index contributed by atoms with van der Waals surface area (Å²) in [6.07, 6.45) is 0. The van der Waals surface area contributed by atoms with Crippen LogP contribution in [0.3, 0.4) is 0 Å². The molecule has 0 aliphatic carbocycles. The van der Waals surface area contributed by atoms with Crippen LogP contribution in [0, 0.1) is 13.8 Å². The number of aryl methyl sites for hydroxylation is 2. The highest BCUT2D eigenvalue weighted by Gasteiger charge is 2.12. The average molecular weight is 248 g/mol. The van der Waals surface area contributed by atoms with Crippen LogP contribution in [0.2, 0.25) is 0 Å². The Balaban J connectivity index is 2.19. The van der Waals surface area contributed by atoms with Crippen LogP contribution in [-0.4, -0.2) is 16.0 Å². The van der Waals surface area contributed by atoms with Crippen molar-refractivity contribution >= 4 is 22.9 Å². The molecule has 1 amide bonds. The van der Waals surface area contributed by atoms with Gasteiger partial charge in [0.15, 0.2) is 0 Å². The number of nitrogens with zero attached hydrogens (tertiary/aromatic N) is 1. The molecule has 17 heavy (non-hydrogen) atoms. The Morgan fingerprint density at radius 1 is 1.41 bits per heavy atom. The van der Waals surface area contributed by atoms with Crippen LogP contribution in [0.5, 0.6) is 5.75 Å². The number of hydrogen-bond acceptors (Lipinski definition) is 4. The summed E-state index contributed by atoms with van der Waals surface area (Å²) in [6.45, 7) is 3.58. The number of phenols is 1. The van der Waals surface area contributed by atoms with E-state index in [1.807, 2.05) is 0 Å². The van der Waals surface area contributed by atoms with Crippen LogP contribution >= 0.6 is 11.3 Å². The van der Waals surface area contributed by atoms with Gasteiger partial charge in [0.05, 0.1) is 11.2 Å². The summed E-state index contributed by atoms with van der Waals surface area (Å²) in [5.41, 5.74) is 3.76. The number of aromatic nitrogens is 1. The van der Waals surface area contributed by atoms with Gasteiger partial charge in [-0.25, -0.2) is 4.98 Å². The van der Waals surface area contributed by atoms with Crippen molar-refractivity contribution in [3.8, 4) is 5.75 Å². The highest BCUT2D eigenvalue weighted by atomic mass is 32.1. The van der Waals surface area contributed by atoms with E-state index in [2.05, 4.69) is 10.3 Å². The first-order valence-corrected chi connectivity index (χ1v) is 5.97. The number of carbonyl (C=O) groups is 1. The number of carbonyl (C=O) groups excluding carboxylic acids is 1. The first kappa shape index (κ1) is 11.6. The van der Waals surface area contributed by atoms with Crippen LogP contribution in [0.1, 0.15) is 20.9 Å². The van der Waals surface area contributed by atoms with Gasteiger partial charge in [-0.15, -0.1) is 11.3 Å². The first-order valence-electron chi connectivity index (χ1n) is 5.09. The average Bonchev–Trinajstić information content (AvgIpc) is 2.70. The monoisotopic (exact) mass is 248 g/mol. The number of rotatable bonds is 2. The Kier molecular flexibility index (Phi) is 3.10. The van der Waals surface area contributed by atoms with Crippen molar-refractivity contribution in [1.29, 1.82) is 0 Å². The Bertz CT molecular complexity index is 563. The Morgan fingerprint density at radius 3 is 2.76 bits per heavy atom. The maximum Gasteiger partial charge on any atom is 0.267 e. The van der Waals surface area contributed by atoms with Crippen LogP contribution in [0.4, 0.5) is 5.69 Å². The fourth-order valence-electron chi connectivity index (χ4n) is 1.44. The van der Waals surface area contributed by atoms with Crippen LogP contribution in [0.25, 0.3) is 0 Å². The van der Waals surface area contributed by atoms with Crippen molar-refractivity contribution in [3.63, 3.8) is 0 Å². The molecule has 0 radical (unpaired) electrons. The van der Waals surface area contributed by atoms with Gasteiger partial charge >= 0.3 is 0 Å². The minimum atomic E-state index is -0.171. The van der Waals surface area contributed by atoms with Crippen molar-refractivity contribution in [3.05, 3.63) is 39.8 Å². The van der Waals surface area contributed by atoms with E-state index in [9.17, 15) is 9.90 Å². The molecule has 1 aromatic heterocycles. The van der Waals surface area contributed by atoms with Crippen molar-refractivity contribution in [2.45, 2.75) is 13.8 Å². The lowest BCUT2D eigenvalue weighted by Gasteiger charge is -2.06. The van der Waals surface area contributed by atoms with Crippen molar-refractivity contribution in [2.24, 2.45) is 0 Å². The molecule has 0 fully saturated rings. The van der Waals surface area contributed by atoms with E-state index in [4.69, 9.17) is 0 Å².